The molecular weight excluding hydrogens is 200 g/mol. The second kappa shape index (κ2) is 5.01. The minimum atomic E-state index is 0.157. The van der Waals surface area contributed by atoms with Gasteiger partial charge in [0.25, 0.3) is 5.91 Å². The molecule has 86 valence electrons. The maximum atomic E-state index is 12.3. The first-order valence-corrected chi connectivity index (χ1v) is 5.89. The normalized spacial score (nSPS) is 15.9. The molecule has 1 aromatic rings. The fourth-order valence-corrected chi connectivity index (χ4v) is 2.15. The van der Waals surface area contributed by atoms with Crippen molar-refractivity contribution in [2.45, 2.75) is 19.3 Å². The molecule has 3 heteroatoms. The zero-order chi connectivity index (χ0) is 11.4. The minimum Gasteiger partial charge on any atom is -0.387 e. The number of anilines is 1. The third-order valence-corrected chi connectivity index (χ3v) is 3.07. The van der Waals surface area contributed by atoms with Crippen molar-refractivity contribution < 1.29 is 4.79 Å². The standard InChI is InChI=1S/C13H18N2O/c1-14-12-8-4-3-7-11(12)13(16)15-9-5-2-6-10-15/h3-4,7-8,14H,2,5-6,9-10H2,1H3. The predicted molar refractivity (Wildman–Crippen MR) is 65.7 cm³/mol. The number of likely N-dealkylation sites (tertiary alicyclic amines) is 1. The average molecular weight is 218 g/mol. The van der Waals surface area contributed by atoms with E-state index in [4.69, 9.17) is 0 Å². The van der Waals surface area contributed by atoms with Crippen LogP contribution in [0, 0.1) is 0 Å². The predicted octanol–water partition coefficient (Wildman–Crippen LogP) is 2.35. The Hall–Kier alpha value is -1.51. The molecule has 0 radical (unpaired) electrons. The number of para-hydroxylation sites is 1. The third kappa shape index (κ3) is 2.18. The van der Waals surface area contributed by atoms with Crippen molar-refractivity contribution in [1.29, 1.82) is 0 Å². The van der Waals surface area contributed by atoms with Crippen LogP contribution in [0.3, 0.4) is 0 Å². The van der Waals surface area contributed by atoms with Crippen LogP contribution < -0.4 is 5.32 Å². The molecule has 1 N–H and O–H groups in total. The van der Waals surface area contributed by atoms with E-state index >= 15 is 0 Å². The third-order valence-electron chi connectivity index (χ3n) is 3.07. The highest BCUT2D eigenvalue weighted by atomic mass is 16.2. The molecule has 2 rings (SSSR count). The number of hydrogen-bond donors (Lipinski definition) is 1. The Balaban J connectivity index is 2.19. The maximum Gasteiger partial charge on any atom is 0.255 e. The summed E-state index contributed by atoms with van der Waals surface area (Å²) in [7, 11) is 1.85. The van der Waals surface area contributed by atoms with Crippen molar-refractivity contribution in [1.82, 2.24) is 4.90 Å². The lowest BCUT2D eigenvalue weighted by Crippen LogP contribution is -2.35. The van der Waals surface area contributed by atoms with Crippen LogP contribution >= 0.6 is 0 Å². The Morgan fingerprint density at radius 2 is 1.88 bits per heavy atom. The van der Waals surface area contributed by atoms with E-state index in [-0.39, 0.29) is 5.91 Å². The molecule has 0 aromatic heterocycles. The Labute approximate surface area is 96.5 Å². The molecule has 1 fully saturated rings. The first-order chi connectivity index (χ1) is 7.83. The van der Waals surface area contributed by atoms with Gasteiger partial charge in [0.05, 0.1) is 5.56 Å². The van der Waals surface area contributed by atoms with Gasteiger partial charge in [-0.05, 0) is 31.4 Å². The maximum absolute atomic E-state index is 12.3. The summed E-state index contributed by atoms with van der Waals surface area (Å²) in [6.07, 6.45) is 3.51. The lowest BCUT2D eigenvalue weighted by Gasteiger charge is -2.27. The van der Waals surface area contributed by atoms with Gasteiger partial charge >= 0.3 is 0 Å². The van der Waals surface area contributed by atoms with Gasteiger partial charge in [-0.25, -0.2) is 0 Å². The molecule has 1 aliphatic heterocycles. The van der Waals surface area contributed by atoms with Crippen molar-refractivity contribution >= 4 is 11.6 Å². The molecule has 0 unspecified atom stereocenters. The lowest BCUT2D eigenvalue weighted by atomic mass is 10.1. The SMILES string of the molecule is CNc1ccccc1C(=O)N1CCCCC1. The summed E-state index contributed by atoms with van der Waals surface area (Å²) in [4.78, 5) is 14.2. The van der Waals surface area contributed by atoms with Crippen molar-refractivity contribution in [2.75, 3.05) is 25.5 Å². The number of nitrogens with one attached hydrogen (secondary N) is 1. The molecule has 3 nitrogen and oxygen atoms in total. The van der Waals surface area contributed by atoms with Gasteiger partial charge in [0.15, 0.2) is 0 Å². The fraction of sp³-hybridized carbons (Fsp3) is 0.462. The van der Waals surface area contributed by atoms with Crippen LogP contribution in [0.1, 0.15) is 29.6 Å². The molecule has 1 heterocycles. The van der Waals surface area contributed by atoms with E-state index < -0.39 is 0 Å². The zero-order valence-electron chi connectivity index (χ0n) is 9.70. The summed E-state index contributed by atoms with van der Waals surface area (Å²) >= 11 is 0. The van der Waals surface area contributed by atoms with Crippen LogP contribution in [-0.2, 0) is 0 Å². The molecule has 1 saturated heterocycles. The van der Waals surface area contributed by atoms with E-state index in [1.54, 1.807) is 0 Å². The fourth-order valence-electron chi connectivity index (χ4n) is 2.15. The molecule has 0 spiro atoms. The molecule has 1 amide bonds. The Bertz CT molecular complexity index is 370. The molecule has 1 aliphatic rings. The van der Waals surface area contributed by atoms with Gasteiger partial charge in [0, 0.05) is 25.8 Å². The van der Waals surface area contributed by atoms with Gasteiger partial charge in [-0.2, -0.15) is 0 Å². The second-order valence-corrected chi connectivity index (χ2v) is 4.15. The summed E-state index contributed by atoms with van der Waals surface area (Å²) < 4.78 is 0. The number of nitrogens with zero attached hydrogens (tertiary/aromatic N) is 1. The quantitative estimate of drug-likeness (QED) is 0.826. The topological polar surface area (TPSA) is 32.3 Å². The van der Waals surface area contributed by atoms with Gasteiger partial charge in [-0.3, -0.25) is 4.79 Å². The molecule has 1 aromatic carbocycles. The average Bonchev–Trinajstić information content (AvgIpc) is 2.39. The zero-order valence-corrected chi connectivity index (χ0v) is 9.70. The highest BCUT2D eigenvalue weighted by Crippen LogP contribution is 2.19. The molecular formula is C13H18N2O. The number of amides is 1. The molecule has 0 bridgehead atoms. The first-order valence-electron chi connectivity index (χ1n) is 5.89. The monoisotopic (exact) mass is 218 g/mol. The van der Waals surface area contributed by atoms with Crippen LogP contribution in [0.2, 0.25) is 0 Å². The van der Waals surface area contributed by atoms with Crippen LogP contribution in [0.4, 0.5) is 5.69 Å². The summed E-state index contributed by atoms with van der Waals surface area (Å²) in [6, 6.07) is 7.69. The van der Waals surface area contributed by atoms with Crippen LogP contribution in [0.25, 0.3) is 0 Å². The summed E-state index contributed by atoms with van der Waals surface area (Å²) in [5.74, 6) is 0.157. The summed E-state index contributed by atoms with van der Waals surface area (Å²) in [5.41, 5.74) is 1.70. The van der Waals surface area contributed by atoms with Crippen molar-refractivity contribution in [3.8, 4) is 0 Å². The number of hydrogen-bond acceptors (Lipinski definition) is 2. The van der Waals surface area contributed by atoms with E-state index in [0.717, 1.165) is 37.2 Å². The highest BCUT2D eigenvalue weighted by Gasteiger charge is 2.19. The van der Waals surface area contributed by atoms with E-state index in [2.05, 4.69) is 5.32 Å². The molecule has 16 heavy (non-hydrogen) atoms. The van der Waals surface area contributed by atoms with Crippen molar-refractivity contribution in [2.24, 2.45) is 0 Å². The van der Waals surface area contributed by atoms with Crippen molar-refractivity contribution in [3.63, 3.8) is 0 Å². The van der Waals surface area contributed by atoms with Crippen LogP contribution in [0.5, 0.6) is 0 Å². The summed E-state index contributed by atoms with van der Waals surface area (Å²) in [6.45, 7) is 1.80. The van der Waals surface area contributed by atoms with Crippen LogP contribution in [0.15, 0.2) is 24.3 Å². The van der Waals surface area contributed by atoms with Gasteiger partial charge in [-0.15, -0.1) is 0 Å². The number of piperidine rings is 1. The van der Waals surface area contributed by atoms with Gasteiger partial charge in [0.1, 0.15) is 0 Å². The molecule has 0 atom stereocenters. The Morgan fingerprint density at radius 3 is 2.56 bits per heavy atom. The number of rotatable bonds is 2. The second-order valence-electron chi connectivity index (χ2n) is 4.15. The minimum absolute atomic E-state index is 0.157. The van der Waals surface area contributed by atoms with Crippen LogP contribution in [-0.4, -0.2) is 30.9 Å². The first kappa shape index (κ1) is 11.0. The largest absolute Gasteiger partial charge is 0.387 e. The van der Waals surface area contributed by atoms with E-state index in [9.17, 15) is 4.79 Å². The lowest BCUT2D eigenvalue weighted by molar-refractivity contribution is 0.0725. The Kier molecular flexibility index (Phi) is 3.44. The van der Waals surface area contributed by atoms with E-state index in [1.165, 1.54) is 6.42 Å². The Morgan fingerprint density at radius 1 is 1.19 bits per heavy atom. The van der Waals surface area contributed by atoms with Gasteiger partial charge in [-0.1, -0.05) is 12.1 Å². The van der Waals surface area contributed by atoms with E-state index in [1.807, 2.05) is 36.2 Å². The number of benzene rings is 1. The number of carbonyl (C=O) groups excluding carboxylic acids is 1. The summed E-state index contributed by atoms with van der Waals surface area (Å²) in [5, 5.41) is 3.07. The van der Waals surface area contributed by atoms with Crippen molar-refractivity contribution in [3.05, 3.63) is 29.8 Å². The van der Waals surface area contributed by atoms with Gasteiger partial charge in [0.2, 0.25) is 0 Å². The number of carbonyl (C=O) groups is 1. The van der Waals surface area contributed by atoms with Gasteiger partial charge < -0.3 is 10.2 Å². The molecule has 0 saturated carbocycles. The highest BCUT2D eigenvalue weighted by molar-refractivity contribution is 5.99. The molecule has 0 aliphatic carbocycles. The van der Waals surface area contributed by atoms with E-state index in [0.29, 0.717) is 0 Å². The smallest absolute Gasteiger partial charge is 0.255 e.